The number of nitrogens with one attached hydrogen (secondary N) is 1. The van der Waals surface area contributed by atoms with E-state index in [1.165, 1.54) is 29.8 Å². The van der Waals surface area contributed by atoms with E-state index in [0.29, 0.717) is 23.0 Å². The Bertz CT molecular complexity index is 653. The van der Waals surface area contributed by atoms with Gasteiger partial charge in [0, 0.05) is 24.0 Å². The summed E-state index contributed by atoms with van der Waals surface area (Å²) in [6.45, 7) is 4.78. The first kappa shape index (κ1) is 13.5. The normalized spacial score (nSPS) is 14.6. The third kappa shape index (κ3) is 2.54. The van der Waals surface area contributed by atoms with Crippen LogP contribution in [-0.2, 0) is 6.54 Å². The Balaban J connectivity index is 1.69. The molecule has 0 aliphatic heterocycles. The summed E-state index contributed by atoms with van der Waals surface area (Å²) in [4.78, 5) is 11.9. The van der Waals surface area contributed by atoms with E-state index in [1.54, 1.807) is 12.1 Å². The zero-order valence-corrected chi connectivity index (χ0v) is 13.2. The van der Waals surface area contributed by atoms with Gasteiger partial charge < -0.3 is 14.3 Å². The number of rotatable bonds is 4. The van der Waals surface area contributed by atoms with E-state index in [-0.39, 0.29) is 5.91 Å². The second kappa shape index (κ2) is 5.13. The standard InChI is InChI=1S/C15H17BrN2O2/c1-9-7-11(10(2)18(9)12-3-4-12)8-17-15(19)13-5-6-14(16)20-13/h5-7,12H,3-4,8H2,1-2H3,(H,17,19). The third-order valence-electron chi connectivity index (χ3n) is 3.74. The van der Waals surface area contributed by atoms with Crippen molar-refractivity contribution in [2.75, 3.05) is 0 Å². The van der Waals surface area contributed by atoms with Crippen LogP contribution in [0.4, 0.5) is 0 Å². The van der Waals surface area contributed by atoms with Crippen molar-refractivity contribution in [3.8, 4) is 0 Å². The molecule has 2 aromatic heterocycles. The summed E-state index contributed by atoms with van der Waals surface area (Å²) in [6, 6.07) is 6.20. The van der Waals surface area contributed by atoms with Crippen LogP contribution < -0.4 is 5.32 Å². The summed E-state index contributed by atoms with van der Waals surface area (Å²) < 4.78 is 8.18. The first-order chi connectivity index (χ1) is 9.56. The van der Waals surface area contributed by atoms with Crippen molar-refractivity contribution in [1.29, 1.82) is 0 Å². The predicted molar refractivity (Wildman–Crippen MR) is 79.8 cm³/mol. The molecule has 1 saturated carbocycles. The van der Waals surface area contributed by atoms with Crippen LogP contribution in [-0.4, -0.2) is 10.5 Å². The van der Waals surface area contributed by atoms with Gasteiger partial charge in [0.15, 0.2) is 10.4 Å². The highest BCUT2D eigenvalue weighted by Crippen LogP contribution is 2.38. The minimum Gasteiger partial charge on any atom is -0.444 e. The summed E-state index contributed by atoms with van der Waals surface area (Å²) in [7, 11) is 0. The van der Waals surface area contributed by atoms with Crippen LogP contribution in [0.5, 0.6) is 0 Å². The molecule has 0 atom stereocenters. The highest BCUT2D eigenvalue weighted by Gasteiger charge is 2.26. The van der Waals surface area contributed by atoms with E-state index in [9.17, 15) is 4.79 Å². The molecular weight excluding hydrogens is 320 g/mol. The number of halogens is 1. The molecule has 1 fully saturated rings. The SMILES string of the molecule is Cc1cc(CNC(=O)c2ccc(Br)o2)c(C)n1C1CC1. The van der Waals surface area contributed by atoms with E-state index in [2.05, 4.69) is 45.7 Å². The maximum absolute atomic E-state index is 11.9. The van der Waals surface area contributed by atoms with Crippen molar-refractivity contribution in [3.05, 3.63) is 45.6 Å². The number of aryl methyl sites for hydroxylation is 1. The molecule has 5 heteroatoms. The Morgan fingerprint density at radius 3 is 2.80 bits per heavy atom. The van der Waals surface area contributed by atoms with Gasteiger partial charge in [0.2, 0.25) is 0 Å². The van der Waals surface area contributed by atoms with Crippen LogP contribution in [0.25, 0.3) is 0 Å². The molecule has 2 heterocycles. The minimum atomic E-state index is -0.188. The molecule has 4 nitrogen and oxygen atoms in total. The molecule has 0 spiro atoms. The van der Waals surface area contributed by atoms with E-state index < -0.39 is 0 Å². The quantitative estimate of drug-likeness (QED) is 0.924. The lowest BCUT2D eigenvalue weighted by molar-refractivity contribution is 0.0922. The van der Waals surface area contributed by atoms with Crippen LogP contribution in [0, 0.1) is 13.8 Å². The zero-order valence-electron chi connectivity index (χ0n) is 11.6. The van der Waals surface area contributed by atoms with Crippen LogP contribution in [0.2, 0.25) is 0 Å². The highest BCUT2D eigenvalue weighted by atomic mass is 79.9. The van der Waals surface area contributed by atoms with Gasteiger partial charge in [-0.25, -0.2) is 0 Å². The van der Waals surface area contributed by atoms with Gasteiger partial charge in [-0.05, 0) is 66.4 Å². The zero-order chi connectivity index (χ0) is 14.3. The molecule has 1 N–H and O–H groups in total. The molecule has 106 valence electrons. The summed E-state index contributed by atoms with van der Waals surface area (Å²) in [5.41, 5.74) is 3.70. The Morgan fingerprint density at radius 1 is 1.45 bits per heavy atom. The lowest BCUT2D eigenvalue weighted by Gasteiger charge is -2.08. The van der Waals surface area contributed by atoms with Gasteiger partial charge in [-0.3, -0.25) is 4.79 Å². The van der Waals surface area contributed by atoms with Gasteiger partial charge >= 0.3 is 0 Å². The second-order valence-corrected chi connectivity index (χ2v) is 6.07. The van der Waals surface area contributed by atoms with Gasteiger partial charge in [0.05, 0.1) is 0 Å². The Kier molecular flexibility index (Phi) is 3.46. The van der Waals surface area contributed by atoms with Crippen molar-refractivity contribution in [3.63, 3.8) is 0 Å². The van der Waals surface area contributed by atoms with Crippen molar-refractivity contribution < 1.29 is 9.21 Å². The van der Waals surface area contributed by atoms with Crippen LogP contribution in [0.3, 0.4) is 0 Å². The van der Waals surface area contributed by atoms with Crippen LogP contribution in [0.15, 0.2) is 27.3 Å². The molecule has 0 saturated heterocycles. The predicted octanol–water partition coefficient (Wildman–Crippen LogP) is 3.73. The highest BCUT2D eigenvalue weighted by molar-refractivity contribution is 9.10. The lowest BCUT2D eigenvalue weighted by Crippen LogP contribution is -2.22. The maximum Gasteiger partial charge on any atom is 0.287 e. The fourth-order valence-corrected chi connectivity index (χ4v) is 2.92. The lowest BCUT2D eigenvalue weighted by atomic mass is 10.2. The van der Waals surface area contributed by atoms with Gasteiger partial charge in [-0.2, -0.15) is 0 Å². The fraction of sp³-hybridized carbons (Fsp3) is 0.400. The number of amides is 1. The smallest absolute Gasteiger partial charge is 0.287 e. The van der Waals surface area contributed by atoms with E-state index in [0.717, 1.165) is 0 Å². The molecule has 1 aliphatic rings. The number of aromatic nitrogens is 1. The van der Waals surface area contributed by atoms with E-state index in [4.69, 9.17) is 4.42 Å². The van der Waals surface area contributed by atoms with E-state index in [1.807, 2.05) is 0 Å². The molecule has 0 bridgehead atoms. The van der Waals surface area contributed by atoms with Crippen LogP contribution in [0.1, 0.15) is 46.4 Å². The molecule has 2 aromatic rings. The topological polar surface area (TPSA) is 47.2 Å². The monoisotopic (exact) mass is 336 g/mol. The molecule has 0 radical (unpaired) electrons. The number of carbonyl (C=O) groups is 1. The molecule has 0 aromatic carbocycles. The fourth-order valence-electron chi connectivity index (χ4n) is 2.62. The van der Waals surface area contributed by atoms with Crippen molar-refractivity contribution in [2.24, 2.45) is 0 Å². The molecule has 3 rings (SSSR count). The second-order valence-electron chi connectivity index (χ2n) is 5.28. The molecule has 1 aliphatic carbocycles. The van der Waals surface area contributed by atoms with Crippen molar-refractivity contribution in [2.45, 2.75) is 39.3 Å². The van der Waals surface area contributed by atoms with Crippen LogP contribution >= 0.6 is 15.9 Å². The van der Waals surface area contributed by atoms with Crippen molar-refractivity contribution in [1.82, 2.24) is 9.88 Å². The maximum atomic E-state index is 11.9. The Morgan fingerprint density at radius 2 is 2.20 bits per heavy atom. The Labute approximate surface area is 126 Å². The summed E-state index contributed by atoms with van der Waals surface area (Å²) in [6.07, 6.45) is 2.53. The summed E-state index contributed by atoms with van der Waals surface area (Å²) in [5, 5.41) is 2.90. The molecular formula is C15H17BrN2O2. The van der Waals surface area contributed by atoms with E-state index >= 15 is 0 Å². The first-order valence-electron chi connectivity index (χ1n) is 6.77. The number of hydrogen-bond acceptors (Lipinski definition) is 2. The van der Waals surface area contributed by atoms with Gasteiger partial charge in [0.1, 0.15) is 0 Å². The van der Waals surface area contributed by atoms with Crippen molar-refractivity contribution >= 4 is 21.8 Å². The first-order valence-corrected chi connectivity index (χ1v) is 7.56. The minimum absolute atomic E-state index is 0.188. The number of carbonyl (C=O) groups excluding carboxylic acids is 1. The third-order valence-corrected chi connectivity index (χ3v) is 4.16. The van der Waals surface area contributed by atoms with Gasteiger partial charge in [-0.15, -0.1) is 0 Å². The average Bonchev–Trinajstić information content (AvgIpc) is 3.07. The molecule has 1 amide bonds. The Hall–Kier alpha value is -1.49. The number of furan rings is 1. The number of nitrogens with zero attached hydrogens (tertiary/aromatic N) is 1. The largest absolute Gasteiger partial charge is 0.444 e. The average molecular weight is 337 g/mol. The molecule has 0 unspecified atom stereocenters. The molecule has 20 heavy (non-hydrogen) atoms. The summed E-state index contributed by atoms with van der Waals surface area (Å²) in [5.74, 6) is 0.139. The summed E-state index contributed by atoms with van der Waals surface area (Å²) >= 11 is 3.19. The van der Waals surface area contributed by atoms with Gasteiger partial charge in [0.25, 0.3) is 5.91 Å². The number of hydrogen-bond donors (Lipinski definition) is 1. The van der Waals surface area contributed by atoms with Gasteiger partial charge in [-0.1, -0.05) is 0 Å².